The number of nitrogens with one attached hydrogen (secondary N) is 1. The minimum absolute atomic E-state index is 0.0112. The van der Waals surface area contributed by atoms with Crippen LogP contribution in [0.25, 0.3) is 5.69 Å². The second-order valence-electron chi connectivity index (χ2n) is 6.14. The lowest BCUT2D eigenvalue weighted by molar-refractivity contribution is -0.0436. The number of hydrogen-bond donors (Lipinski definition) is 3. The van der Waals surface area contributed by atoms with Gasteiger partial charge in [-0.25, -0.2) is 17.8 Å². The van der Waals surface area contributed by atoms with Crippen LogP contribution < -0.4 is 11.4 Å². The number of nitrogens with two attached hydrogens (primary N) is 1. The molecule has 0 aliphatic heterocycles. The van der Waals surface area contributed by atoms with Crippen LogP contribution in [0.4, 0.5) is 13.2 Å². The molecule has 0 aliphatic rings. The minimum atomic E-state index is -5.53. The first-order valence-electron chi connectivity index (χ1n) is 8.14. The molecule has 0 spiro atoms. The Kier molecular flexibility index (Phi) is 5.16. The molecule has 0 fully saturated rings. The third kappa shape index (κ3) is 3.78. The molecular weight excluding hydrogens is 427 g/mol. The Labute approximate surface area is 167 Å². The summed E-state index contributed by atoms with van der Waals surface area (Å²) in [5, 5.41) is 17.5. The van der Waals surface area contributed by atoms with E-state index in [9.17, 15) is 31.5 Å². The highest BCUT2D eigenvalue weighted by molar-refractivity contribution is 7.92. The fourth-order valence-electron chi connectivity index (χ4n) is 2.66. The van der Waals surface area contributed by atoms with Gasteiger partial charge in [-0.3, -0.25) is 15.0 Å². The summed E-state index contributed by atoms with van der Waals surface area (Å²) in [5.74, 6) is -0.772. The zero-order chi connectivity index (χ0) is 22.3. The molecule has 13 heteroatoms. The molecule has 9 nitrogen and oxygen atoms in total. The van der Waals surface area contributed by atoms with Crippen molar-refractivity contribution in [2.75, 3.05) is 0 Å². The maximum atomic E-state index is 12.6. The lowest BCUT2D eigenvalue weighted by atomic mass is 10.2. The standard InChI is InChI=1S/C17H14F3N5O4S/c18-17(19,20)30(28,29)12-3-1-11(2-4-12)25-14(26)9-24(16(25)27)8-10-5-6-23-13(7-10)15(21)22/h1-7,9,26H,8H2,(H3,21,22). The number of sulfone groups is 1. The summed E-state index contributed by atoms with van der Waals surface area (Å²) in [5.41, 5.74) is -0.0804. The normalized spacial score (nSPS) is 12.1. The number of aromatic hydroxyl groups is 1. The first-order valence-corrected chi connectivity index (χ1v) is 9.62. The summed E-state index contributed by atoms with van der Waals surface area (Å²) in [4.78, 5) is 15.6. The van der Waals surface area contributed by atoms with E-state index in [1.165, 1.54) is 12.3 Å². The number of pyridine rings is 1. The van der Waals surface area contributed by atoms with Crippen molar-refractivity contribution in [3.05, 3.63) is 70.5 Å². The Hall–Kier alpha value is -3.61. The number of hydrogen-bond acceptors (Lipinski definition) is 6. The highest BCUT2D eigenvalue weighted by Crippen LogP contribution is 2.30. The van der Waals surface area contributed by atoms with Gasteiger partial charge in [0.25, 0.3) is 9.84 Å². The highest BCUT2D eigenvalue weighted by atomic mass is 32.2. The van der Waals surface area contributed by atoms with Crippen LogP contribution in [0, 0.1) is 5.41 Å². The fourth-order valence-corrected chi connectivity index (χ4v) is 3.42. The molecule has 0 unspecified atom stereocenters. The van der Waals surface area contributed by atoms with Crippen molar-refractivity contribution in [1.29, 1.82) is 5.41 Å². The summed E-state index contributed by atoms with van der Waals surface area (Å²) in [7, 11) is -5.53. The molecule has 2 aromatic heterocycles. The van der Waals surface area contributed by atoms with E-state index in [1.807, 2.05) is 0 Å². The number of amidine groups is 1. The Morgan fingerprint density at radius 3 is 2.40 bits per heavy atom. The van der Waals surface area contributed by atoms with Crippen molar-refractivity contribution < 1.29 is 26.7 Å². The third-order valence-corrected chi connectivity index (χ3v) is 5.60. The molecule has 0 bridgehead atoms. The average Bonchev–Trinajstić information content (AvgIpc) is 2.94. The van der Waals surface area contributed by atoms with Crippen LogP contribution in [-0.2, 0) is 16.4 Å². The maximum Gasteiger partial charge on any atom is 0.501 e. The van der Waals surface area contributed by atoms with Gasteiger partial charge in [0.15, 0.2) is 0 Å². The number of aromatic nitrogens is 3. The van der Waals surface area contributed by atoms with Crippen LogP contribution >= 0.6 is 0 Å². The first-order chi connectivity index (χ1) is 13.9. The lowest BCUT2D eigenvalue weighted by Gasteiger charge is -2.09. The van der Waals surface area contributed by atoms with Crippen LogP contribution in [0.2, 0.25) is 0 Å². The summed E-state index contributed by atoms with van der Waals surface area (Å²) >= 11 is 0. The van der Waals surface area contributed by atoms with Crippen molar-refractivity contribution >= 4 is 15.7 Å². The minimum Gasteiger partial charge on any atom is -0.493 e. The molecule has 3 rings (SSSR count). The molecule has 2 heterocycles. The number of nitrogen functional groups attached to an aromatic ring is 1. The molecular formula is C17H14F3N5O4S. The van der Waals surface area contributed by atoms with Crippen LogP contribution in [0.3, 0.4) is 0 Å². The van der Waals surface area contributed by atoms with Crippen LogP contribution in [0.15, 0.2) is 58.5 Å². The number of halogens is 3. The van der Waals surface area contributed by atoms with Crippen molar-refractivity contribution in [2.45, 2.75) is 16.9 Å². The third-order valence-electron chi connectivity index (χ3n) is 4.10. The van der Waals surface area contributed by atoms with Gasteiger partial charge < -0.3 is 10.8 Å². The van der Waals surface area contributed by atoms with Gasteiger partial charge in [0.1, 0.15) is 11.5 Å². The van der Waals surface area contributed by atoms with Crippen LogP contribution in [0.5, 0.6) is 5.88 Å². The summed E-state index contributed by atoms with van der Waals surface area (Å²) in [6, 6.07) is 6.41. The van der Waals surface area contributed by atoms with Crippen molar-refractivity contribution in [2.24, 2.45) is 5.73 Å². The number of nitrogens with zero attached hydrogens (tertiary/aromatic N) is 3. The van der Waals surface area contributed by atoms with Crippen LogP contribution in [-0.4, -0.2) is 39.0 Å². The fraction of sp³-hybridized carbons (Fsp3) is 0.118. The zero-order valence-electron chi connectivity index (χ0n) is 15.0. The van der Waals surface area contributed by atoms with E-state index in [4.69, 9.17) is 11.1 Å². The maximum absolute atomic E-state index is 12.6. The smallest absolute Gasteiger partial charge is 0.493 e. The molecule has 0 saturated carbocycles. The summed E-state index contributed by atoms with van der Waals surface area (Å²) in [6.07, 6.45) is 2.50. The summed E-state index contributed by atoms with van der Waals surface area (Å²) in [6.45, 7) is -0.0112. The Morgan fingerprint density at radius 2 is 1.83 bits per heavy atom. The van der Waals surface area contributed by atoms with Crippen molar-refractivity contribution in [3.8, 4) is 11.6 Å². The Morgan fingerprint density at radius 1 is 1.20 bits per heavy atom. The van der Waals surface area contributed by atoms with Gasteiger partial charge in [0.2, 0.25) is 5.88 Å². The Bertz CT molecular complexity index is 1280. The zero-order valence-corrected chi connectivity index (χ0v) is 15.8. The van der Waals surface area contributed by atoms with Gasteiger partial charge in [-0.15, -0.1) is 0 Å². The van der Waals surface area contributed by atoms with E-state index in [-0.39, 0.29) is 23.8 Å². The quantitative estimate of drug-likeness (QED) is 0.403. The molecule has 0 saturated heterocycles. The van der Waals surface area contributed by atoms with E-state index < -0.39 is 31.8 Å². The van der Waals surface area contributed by atoms with E-state index >= 15 is 0 Å². The SMILES string of the molecule is N=C(N)c1cc(Cn2cc(O)n(-c3ccc(S(=O)(=O)C(F)(F)F)cc3)c2=O)ccn1. The summed E-state index contributed by atoms with van der Waals surface area (Å²) < 4.78 is 62.7. The van der Waals surface area contributed by atoms with Gasteiger partial charge in [0.05, 0.1) is 23.3 Å². The molecule has 3 aromatic rings. The number of rotatable bonds is 5. The largest absolute Gasteiger partial charge is 0.501 e. The molecule has 4 N–H and O–H groups in total. The number of alkyl halides is 3. The molecule has 0 aliphatic carbocycles. The van der Waals surface area contributed by atoms with Gasteiger partial charge in [-0.05, 0) is 42.0 Å². The van der Waals surface area contributed by atoms with E-state index in [0.29, 0.717) is 17.7 Å². The predicted octanol–water partition coefficient (Wildman–Crippen LogP) is 1.37. The highest BCUT2D eigenvalue weighted by Gasteiger charge is 2.46. The number of imidazole rings is 1. The molecule has 1 aromatic carbocycles. The van der Waals surface area contributed by atoms with Gasteiger partial charge in [-0.2, -0.15) is 13.2 Å². The second-order valence-corrected chi connectivity index (χ2v) is 8.08. The van der Waals surface area contributed by atoms with E-state index in [2.05, 4.69) is 4.98 Å². The van der Waals surface area contributed by atoms with Crippen molar-refractivity contribution in [3.63, 3.8) is 0 Å². The van der Waals surface area contributed by atoms with Gasteiger partial charge in [-0.1, -0.05) is 0 Å². The van der Waals surface area contributed by atoms with Gasteiger partial charge in [0, 0.05) is 6.20 Å². The second kappa shape index (κ2) is 7.33. The van der Waals surface area contributed by atoms with E-state index in [0.717, 1.165) is 27.5 Å². The lowest BCUT2D eigenvalue weighted by Crippen LogP contribution is -2.24. The van der Waals surface area contributed by atoms with Crippen LogP contribution in [0.1, 0.15) is 11.3 Å². The Balaban J connectivity index is 1.96. The van der Waals surface area contributed by atoms with Crippen molar-refractivity contribution in [1.82, 2.24) is 14.1 Å². The molecule has 158 valence electrons. The molecule has 0 radical (unpaired) electrons. The van der Waals surface area contributed by atoms with Gasteiger partial charge >= 0.3 is 11.2 Å². The van der Waals surface area contributed by atoms with E-state index in [1.54, 1.807) is 6.07 Å². The monoisotopic (exact) mass is 441 g/mol. The molecule has 30 heavy (non-hydrogen) atoms. The topological polar surface area (TPSA) is 144 Å². The molecule has 0 amide bonds. The average molecular weight is 441 g/mol. The predicted molar refractivity (Wildman–Crippen MR) is 99.3 cm³/mol. The first kappa shape index (κ1) is 21.1. The number of benzene rings is 1. The molecule has 0 atom stereocenters.